The molecule has 5 rings (SSSR count). The van der Waals surface area contributed by atoms with E-state index in [0.717, 1.165) is 40.5 Å². The smallest absolute Gasteiger partial charge is 0.327 e. The fourth-order valence-corrected chi connectivity index (χ4v) is 5.04. The van der Waals surface area contributed by atoms with Crippen LogP contribution in [-0.4, -0.2) is 35.7 Å². The highest BCUT2D eigenvalue weighted by molar-refractivity contribution is 5.97. The maximum absolute atomic E-state index is 13.4. The number of ether oxygens (including phenoxy) is 2. The number of methoxy groups -OCH3 is 1. The Balaban J connectivity index is 1.40. The molecule has 1 saturated carbocycles. The standard InChI is InChI=1S/C29H25N3O5/c1-36-26-10-8-21(17-31-26)20-7-9-25-22(14-20)29(11-12-37-25)15-23(29)28(35)32-24-13-18(16-30)5-6-19(24)3-2-4-27(33)34/h2,4-10,13-14,17,23H,3,11-12,15H2,1H3,(H,32,35)(H,33,34)/t23-,29-/m0/s1. The molecule has 8 nitrogen and oxygen atoms in total. The Hall–Kier alpha value is -4.64. The van der Waals surface area contributed by atoms with Crippen LogP contribution < -0.4 is 14.8 Å². The molecule has 186 valence electrons. The van der Waals surface area contributed by atoms with Crippen LogP contribution >= 0.6 is 0 Å². The van der Waals surface area contributed by atoms with E-state index < -0.39 is 5.97 Å². The van der Waals surface area contributed by atoms with Crippen molar-refractivity contribution in [2.24, 2.45) is 5.92 Å². The van der Waals surface area contributed by atoms with Crippen molar-refractivity contribution in [1.29, 1.82) is 5.26 Å². The van der Waals surface area contributed by atoms with Crippen LogP contribution in [0.25, 0.3) is 11.1 Å². The van der Waals surface area contributed by atoms with Gasteiger partial charge < -0.3 is 19.9 Å². The fourth-order valence-electron chi connectivity index (χ4n) is 5.04. The first-order valence-corrected chi connectivity index (χ1v) is 11.9. The van der Waals surface area contributed by atoms with Crippen molar-refractivity contribution in [3.63, 3.8) is 0 Å². The zero-order chi connectivity index (χ0) is 26.0. The van der Waals surface area contributed by atoms with Crippen LogP contribution in [0.15, 0.2) is 66.9 Å². The van der Waals surface area contributed by atoms with Gasteiger partial charge in [-0.1, -0.05) is 18.2 Å². The first-order chi connectivity index (χ1) is 17.9. The van der Waals surface area contributed by atoms with Gasteiger partial charge in [-0.25, -0.2) is 9.78 Å². The summed E-state index contributed by atoms with van der Waals surface area (Å²) in [6.45, 7) is 0.537. The molecule has 2 N–H and O–H groups in total. The number of nitrogens with zero attached hydrogens (tertiary/aromatic N) is 2. The van der Waals surface area contributed by atoms with Crippen LogP contribution in [0, 0.1) is 17.2 Å². The third kappa shape index (κ3) is 4.76. The largest absolute Gasteiger partial charge is 0.493 e. The Labute approximate surface area is 214 Å². The quantitative estimate of drug-likeness (QED) is 0.463. The number of anilines is 1. The number of allylic oxidation sites excluding steroid dienone is 1. The minimum Gasteiger partial charge on any atom is -0.493 e. The summed E-state index contributed by atoms with van der Waals surface area (Å²) in [6, 6.07) is 16.9. The Bertz CT molecular complexity index is 1440. The molecule has 2 aliphatic rings. The van der Waals surface area contributed by atoms with Crippen molar-refractivity contribution >= 4 is 17.6 Å². The van der Waals surface area contributed by atoms with Gasteiger partial charge in [0.25, 0.3) is 0 Å². The van der Waals surface area contributed by atoms with Gasteiger partial charge in [0.15, 0.2) is 0 Å². The number of hydrogen-bond donors (Lipinski definition) is 2. The molecule has 1 aliphatic carbocycles. The fraction of sp³-hybridized carbons (Fsp3) is 0.241. The summed E-state index contributed by atoms with van der Waals surface area (Å²) in [6.07, 6.45) is 6.09. The van der Waals surface area contributed by atoms with Gasteiger partial charge in [0.2, 0.25) is 11.8 Å². The van der Waals surface area contributed by atoms with Crippen molar-refractivity contribution in [3.05, 3.63) is 83.6 Å². The monoisotopic (exact) mass is 495 g/mol. The number of carbonyl (C=O) groups is 2. The molecule has 0 saturated heterocycles. The molecule has 8 heteroatoms. The number of pyridine rings is 1. The van der Waals surface area contributed by atoms with E-state index in [0.29, 0.717) is 36.6 Å². The third-order valence-corrected chi connectivity index (χ3v) is 7.09. The number of amides is 1. The number of aliphatic carboxylic acids is 1. The SMILES string of the molecule is COc1ccc(-c2ccc3c(c2)[C@]2(CCO3)C[C@H]2C(=O)Nc2cc(C#N)ccc2CC=CC(=O)O)cn1. The number of carboxylic acid groups (broad SMARTS) is 1. The number of carbonyl (C=O) groups excluding carboxylic acids is 1. The molecule has 1 aliphatic heterocycles. The molecular formula is C29H25N3O5. The second kappa shape index (κ2) is 9.78. The lowest BCUT2D eigenvalue weighted by molar-refractivity contribution is -0.131. The number of nitrogens with one attached hydrogen (secondary N) is 1. The second-order valence-corrected chi connectivity index (χ2v) is 9.23. The molecule has 2 aromatic carbocycles. The minimum absolute atomic E-state index is 0.122. The van der Waals surface area contributed by atoms with Gasteiger partial charge in [0.05, 0.1) is 25.3 Å². The summed E-state index contributed by atoms with van der Waals surface area (Å²) in [7, 11) is 1.58. The summed E-state index contributed by atoms with van der Waals surface area (Å²) >= 11 is 0. The first-order valence-electron chi connectivity index (χ1n) is 11.9. The molecule has 1 aromatic heterocycles. The third-order valence-electron chi connectivity index (χ3n) is 7.09. The molecular weight excluding hydrogens is 470 g/mol. The lowest BCUT2D eigenvalue weighted by atomic mass is 9.85. The predicted octanol–water partition coefficient (Wildman–Crippen LogP) is 4.49. The van der Waals surface area contributed by atoms with Gasteiger partial charge in [-0.05, 0) is 60.7 Å². The molecule has 0 bridgehead atoms. The molecule has 0 radical (unpaired) electrons. The number of nitriles is 1. The van der Waals surface area contributed by atoms with Gasteiger partial charge in [-0.2, -0.15) is 5.26 Å². The van der Waals surface area contributed by atoms with E-state index in [1.54, 1.807) is 31.5 Å². The lowest BCUT2D eigenvalue weighted by Crippen LogP contribution is -2.27. The van der Waals surface area contributed by atoms with E-state index in [-0.39, 0.29) is 17.2 Å². The van der Waals surface area contributed by atoms with Crippen molar-refractivity contribution in [3.8, 4) is 28.8 Å². The van der Waals surface area contributed by atoms with Gasteiger partial charge in [0, 0.05) is 46.5 Å². The average Bonchev–Trinajstić information content (AvgIpc) is 3.64. The van der Waals surface area contributed by atoms with Crippen LogP contribution in [0.4, 0.5) is 5.69 Å². The van der Waals surface area contributed by atoms with Gasteiger partial charge >= 0.3 is 5.97 Å². The maximum atomic E-state index is 13.4. The molecule has 37 heavy (non-hydrogen) atoms. The normalized spacial score (nSPS) is 19.5. The van der Waals surface area contributed by atoms with E-state index >= 15 is 0 Å². The second-order valence-electron chi connectivity index (χ2n) is 9.23. The van der Waals surface area contributed by atoms with Gasteiger partial charge in [-0.3, -0.25) is 4.79 Å². The number of fused-ring (bicyclic) bond motifs is 2. The number of hydrogen-bond acceptors (Lipinski definition) is 6. The minimum atomic E-state index is -1.04. The number of aromatic nitrogens is 1. The van der Waals surface area contributed by atoms with Crippen molar-refractivity contribution in [2.75, 3.05) is 19.0 Å². The topological polar surface area (TPSA) is 122 Å². The highest BCUT2D eigenvalue weighted by Crippen LogP contribution is 2.61. The number of rotatable bonds is 7. The molecule has 2 heterocycles. The first kappa shape index (κ1) is 24.1. The van der Waals surface area contributed by atoms with Gasteiger partial charge in [0.1, 0.15) is 5.75 Å². The zero-order valence-electron chi connectivity index (χ0n) is 20.2. The molecule has 1 amide bonds. The van der Waals surface area contributed by atoms with E-state index in [9.17, 15) is 14.9 Å². The molecule has 3 aromatic rings. The van der Waals surface area contributed by atoms with Gasteiger partial charge in [-0.15, -0.1) is 0 Å². The van der Waals surface area contributed by atoms with E-state index in [4.69, 9.17) is 14.6 Å². The zero-order valence-corrected chi connectivity index (χ0v) is 20.2. The summed E-state index contributed by atoms with van der Waals surface area (Å²) in [4.78, 5) is 28.6. The maximum Gasteiger partial charge on any atom is 0.327 e. The van der Waals surface area contributed by atoms with E-state index in [2.05, 4.69) is 22.4 Å². The van der Waals surface area contributed by atoms with Crippen LogP contribution in [-0.2, 0) is 21.4 Å². The Morgan fingerprint density at radius 1 is 1.24 bits per heavy atom. The van der Waals surface area contributed by atoms with Crippen molar-refractivity contribution in [1.82, 2.24) is 4.98 Å². The Morgan fingerprint density at radius 3 is 2.81 bits per heavy atom. The Kier molecular flexibility index (Phi) is 6.36. The van der Waals surface area contributed by atoms with Crippen LogP contribution in [0.3, 0.4) is 0 Å². The van der Waals surface area contributed by atoms with Crippen molar-refractivity contribution < 1.29 is 24.2 Å². The lowest BCUT2D eigenvalue weighted by Gasteiger charge is -2.27. The van der Waals surface area contributed by atoms with E-state index in [1.807, 2.05) is 24.3 Å². The summed E-state index contributed by atoms with van der Waals surface area (Å²) in [5, 5.41) is 21.2. The van der Waals surface area contributed by atoms with Crippen LogP contribution in [0.5, 0.6) is 11.6 Å². The highest BCUT2D eigenvalue weighted by Gasteiger charge is 2.61. The molecule has 1 spiro atoms. The number of benzene rings is 2. The summed E-state index contributed by atoms with van der Waals surface area (Å²) in [5.74, 6) is -0.0749. The highest BCUT2D eigenvalue weighted by atomic mass is 16.5. The predicted molar refractivity (Wildman–Crippen MR) is 136 cm³/mol. The van der Waals surface area contributed by atoms with Crippen LogP contribution in [0.2, 0.25) is 0 Å². The van der Waals surface area contributed by atoms with Crippen LogP contribution in [0.1, 0.15) is 29.5 Å². The number of carboxylic acids is 1. The Morgan fingerprint density at radius 2 is 2.08 bits per heavy atom. The average molecular weight is 496 g/mol. The molecule has 0 unspecified atom stereocenters. The summed E-state index contributed by atoms with van der Waals surface area (Å²) < 4.78 is 11.1. The van der Waals surface area contributed by atoms with E-state index in [1.165, 1.54) is 6.08 Å². The molecule has 1 fully saturated rings. The summed E-state index contributed by atoms with van der Waals surface area (Å²) in [5.41, 5.74) is 4.30. The molecule has 2 atom stereocenters. The van der Waals surface area contributed by atoms with Crippen molar-refractivity contribution in [2.45, 2.75) is 24.7 Å².